The first kappa shape index (κ1) is 20.3. The topological polar surface area (TPSA) is 88.6 Å². The molecule has 3 aromatic carbocycles. The minimum absolute atomic E-state index is 0.181. The summed E-state index contributed by atoms with van der Waals surface area (Å²) >= 11 is 0. The van der Waals surface area contributed by atoms with Gasteiger partial charge in [-0.15, -0.1) is 0 Å². The lowest BCUT2D eigenvalue weighted by Crippen LogP contribution is -2.19. The normalized spacial score (nSPS) is 12.2. The summed E-state index contributed by atoms with van der Waals surface area (Å²) in [6.07, 6.45) is 3.81. The lowest BCUT2D eigenvalue weighted by atomic mass is 10.1. The fourth-order valence-corrected chi connectivity index (χ4v) is 3.91. The molecule has 0 fully saturated rings. The predicted octanol–water partition coefficient (Wildman–Crippen LogP) is 3.98. The molecule has 0 atom stereocenters. The number of hydrogen-bond acceptors (Lipinski definition) is 5. The van der Waals surface area contributed by atoms with E-state index in [-0.39, 0.29) is 19.1 Å². The number of amides is 1. The van der Waals surface area contributed by atoms with Gasteiger partial charge in [-0.05, 0) is 35.4 Å². The zero-order valence-electron chi connectivity index (χ0n) is 17.7. The number of aromatic nitrogens is 1. The van der Waals surface area contributed by atoms with Crippen molar-refractivity contribution in [2.45, 2.75) is 13.0 Å². The number of carbonyl (C=O) groups excluding carboxylic acids is 1. The summed E-state index contributed by atoms with van der Waals surface area (Å²) in [5.41, 5.74) is 6.92. The second-order valence-electron chi connectivity index (χ2n) is 7.66. The van der Waals surface area contributed by atoms with E-state index >= 15 is 0 Å². The van der Waals surface area contributed by atoms with Crippen LogP contribution in [-0.4, -0.2) is 23.5 Å². The molecule has 0 saturated carbocycles. The molecule has 0 bridgehead atoms. The number of hydrazone groups is 1. The first-order valence-corrected chi connectivity index (χ1v) is 10.5. The summed E-state index contributed by atoms with van der Waals surface area (Å²) in [5, 5.41) is 14.6. The van der Waals surface area contributed by atoms with Crippen molar-refractivity contribution in [3.05, 3.63) is 95.2 Å². The molecule has 162 valence electrons. The van der Waals surface area contributed by atoms with Crippen molar-refractivity contribution in [1.29, 1.82) is 5.26 Å². The third-order valence-corrected chi connectivity index (χ3v) is 5.49. The minimum Gasteiger partial charge on any atom is -0.454 e. The first-order valence-electron chi connectivity index (χ1n) is 10.5. The van der Waals surface area contributed by atoms with Gasteiger partial charge in [-0.2, -0.15) is 10.4 Å². The van der Waals surface area contributed by atoms with Crippen molar-refractivity contribution in [1.82, 2.24) is 9.99 Å². The van der Waals surface area contributed by atoms with Gasteiger partial charge in [-0.1, -0.05) is 42.5 Å². The van der Waals surface area contributed by atoms with Crippen LogP contribution in [0.5, 0.6) is 11.5 Å². The van der Waals surface area contributed by atoms with Gasteiger partial charge in [0.1, 0.15) is 0 Å². The molecular formula is C26H20N4O3. The van der Waals surface area contributed by atoms with Gasteiger partial charge in [0.15, 0.2) is 11.5 Å². The number of nitriles is 1. The highest BCUT2D eigenvalue weighted by atomic mass is 16.7. The Balaban J connectivity index is 1.31. The molecular weight excluding hydrogens is 416 g/mol. The Morgan fingerprint density at radius 1 is 1.09 bits per heavy atom. The largest absolute Gasteiger partial charge is 0.454 e. The average molecular weight is 436 g/mol. The van der Waals surface area contributed by atoms with Crippen LogP contribution in [0.15, 0.2) is 78.0 Å². The summed E-state index contributed by atoms with van der Waals surface area (Å²) in [4.78, 5) is 12.4. The SMILES string of the molecule is N#Cc1ccccc1Cn1cc(/C=N\NC(=O)Cc2ccc3c(c2)OCO3)c2ccccc21. The van der Waals surface area contributed by atoms with Crippen LogP contribution in [0, 0.1) is 11.3 Å². The van der Waals surface area contributed by atoms with E-state index in [4.69, 9.17) is 9.47 Å². The zero-order valence-corrected chi connectivity index (χ0v) is 17.7. The Labute approximate surface area is 190 Å². The Morgan fingerprint density at radius 3 is 2.82 bits per heavy atom. The number of fused-ring (bicyclic) bond motifs is 2. The molecule has 1 aliphatic rings. The Kier molecular flexibility index (Phi) is 5.48. The molecule has 33 heavy (non-hydrogen) atoms. The molecule has 0 saturated heterocycles. The Morgan fingerprint density at radius 2 is 1.91 bits per heavy atom. The van der Waals surface area contributed by atoms with E-state index in [0.29, 0.717) is 23.6 Å². The molecule has 1 aromatic heterocycles. The van der Waals surface area contributed by atoms with Crippen LogP contribution in [0.1, 0.15) is 22.3 Å². The van der Waals surface area contributed by atoms with Crippen molar-refractivity contribution in [3.63, 3.8) is 0 Å². The fraction of sp³-hybridized carbons (Fsp3) is 0.115. The first-order chi connectivity index (χ1) is 16.2. The van der Waals surface area contributed by atoms with Gasteiger partial charge in [-0.3, -0.25) is 4.79 Å². The van der Waals surface area contributed by atoms with Crippen molar-refractivity contribution >= 4 is 23.0 Å². The van der Waals surface area contributed by atoms with Crippen LogP contribution in [0.3, 0.4) is 0 Å². The van der Waals surface area contributed by atoms with Crippen molar-refractivity contribution in [2.24, 2.45) is 5.10 Å². The number of carbonyl (C=O) groups is 1. The highest BCUT2D eigenvalue weighted by molar-refractivity contribution is 5.99. The second kappa shape index (κ2) is 8.89. The minimum atomic E-state index is -0.225. The lowest BCUT2D eigenvalue weighted by Gasteiger charge is -2.07. The number of ether oxygens (including phenoxy) is 2. The molecule has 0 unspecified atom stereocenters. The quantitative estimate of drug-likeness (QED) is 0.366. The van der Waals surface area contributed by atoms with E-state index in [2.05, 4.69) is 21.2 Å². The summed E-state index contributed by atoms with van der Waals surface area (Å²) in [6.45, 7) is 0.763. The lowest BCUT2D eigenvalue weighted by molar-refractivity contribution is -0.120. The van der Waals surface area contributed by atoms with E-state index in [1.54, 1.807) is 18.3 Å². The molecule has 0 spiro atoms. The number of benzene rings is 3. The van der Waals surface area contributed by atoms with E-state index in [0.717, 1.165) is 27.6 Å². The van der Waals surface area contributed by atoms with Crippen LogP contribution < -0.4 is 14.9 Å². The van der Waals surface area contributed by atoms with Crippen LogP contribution in [0.4, 0.5) is 0 Å². The molecule has 5 rings (SSSR count). The van der Waals surface area contributed by atoms with Gasteiger partial charge in [-0.25, -0.2) is 5.43 Å². The standard InChI is InChI=1S/C26H20N4O3/c27-13-19-5-1-2-6-20(19)15-30-16-21(22-7-3-4-8-23(22)30)14-28-29-26(31)12-18-9-10-24-25(11-18)33-17-32-24/h1-11,14,16H,12,15,17H2,(H,29,31)/b28-14-. The van der Waals surface area contributed by atoms with E-state index in [1.165, 1.54) is 0 Å². The van der Waals surface area contributed by atoms with E-state index in [1.807, 2.05) is 60.8 Å². The van der Waals surface area contributed by atoms with Gasteiger partial charge in [0.2, 0.25) is 12.7 Å². The molecule has 1 N–H and O–H groups in total. The number of para-hydroxylation sites is 1. The summed E-state index contributed by atoms with van der Waals surface area (Å²) in [6, 6.07) is 23.2. The van der Waals surface area contributed by atoms with Crippen molar-refractivity contribution < 1.29 is 14.3 Å². The molecule has 0 radical (unpaired) electrons. The van der Waals surface area contributed by atoms with Crippen LogP contribution in [-0.2, 0) is 17.8 Å². The summed E-state index contributed by atoms with van der Waals surface area (Å²) in [7, 11) is 0. The van der Waals surface area contributed by atoms with Gasteiger partial charge >= 0.3 is 0 Å². The van der Waals surface area contributed by atoms with Crippen LogP contribution in [0.2, 0.25) is 0 Å². The van der Waals surface area contributed by atoms with Crippen molar-refractivity contribution in [3.8, 4) is 17.6 Å². The maximum absolute atomic E-state index is 12.4. The van der Waals surface area contributed by atoms with Gasteiger partial charge in [0.25, 0.3) is 0 Å². The van der Waals surface area contributed by atoms with E-state index < -0.39 is 0 Å². The molecule has 0 aliphatic carbocycles. The maximum atomic E-state index is 12.4. The Hall–Kier alpha value is -4.57. The van der Waals surface area contributed by atoms with E-state index in [9.17, 15) is 10.1 Å². The third-order valence-electron chi connectivity index (χ3n) is 5.49. The highest BCUT2D eigenvalue weighted by Crippen LogP contribution is 2.32. The average Bonchev–Trinajstić information content (AvgIpc) is 3.44. The molecule has 1 amide bonds. The Bertz CT molecular complexity index is 1410. The molecule has 7 heteroatoms. The highest BCUT2D eigenvalue weighted by Gasteiger charge is 2.14. The monoisotopic (exact) mass is 436 g/mol. The number of nitrogens with one attached hydrogen (secondary N) is 1. The number of hydrogen-bond donors (Lipinski definition) is 1. The smallest absolute Gasteiger partial charge is 0.244 e. The second-order valence-corrected chi connectivity index (χ2v) is 7.66. The van der Waals surface area contributed by atoms with Crippen molar-refractivity contribution in [2.75, 3.05) is 6.79 Å². The fourth-order valence-electron chi connectivity index (χ4n) is 3.91. The maximum Gasteiger partial charge on any atom is 0.244 e. The van der Waals surface area contributed by atoms with Crippen LogP contribution >= 0.6 is 0 Å². The predicted molar refractivity (Wildman–Crippen MR) is 124 cm³/mol. The molecule has 4 aromatic rings. The number of nitrogens with zero attached hydrogens (tertiary/aromatic N) is 3. The molecule has 7 nitrogen and oxygen atoms in total. The van der Waals surface area contributed by atoms with Gasteiger partial charge in [0.05, 0.1) is 24.3 Å². The number of rotatable bonds is 6. The third kappa shape index (κ3) is 4.27. The van der Waals surface area contributed by atoms with Gasteiger partial charge < -0.3 is 14.0 Å². The van der Waals surface area contributed by atoms with Crippen LogP contribution in [0.25, 0.3) is 10.9 Å². The van der Waals surface area contributed by atoms with Gasteiger partial charge in [0, 0.05) is 29.2 Å². The summed E-state index contributed by atoms with van der Waals surface area (Å²) < 4.78 is 12.7. The summed E-state index contributed by atoms with van der Waals surface area (Å²) in [5.74, 6) is 1.11. The molecule has 2 heterocycles. The molecule has 1 aliphatic heterocycles. The zero-order chi connectivity index (χ0) is 22.6.